The third-order valence-corrected chi connectivity index (χ3v) is 2.61. The van der Waals surface area contributed by atoms with Crippen LogP contribution in [0, 0.1) is 0 Å². The van der Waals surface area contributed by atoms with Crippen molar-refractivity contribution in [2.75, 3.05) is 13.2 Å². The number of aliphatic hydroxyl groups is 1. The lowest BCUT2D eigenvalue weighted by Gasteiger charge is -1.93. The maximum absolute atomic E-state index is 10.6. The van der Waals surface area contributed by atoms with E-state index in [4.69, 9.17) is 16.0 Å². The van der Waals surface area contributed by atoms with E-state index in [1.54, 1.807) is 18.2 Å². The maximum Gasteiger partial charge on any atom is 0.238 e. The minimum absolute atomic E-state index is 0.148. The SMILES string of the molecule is NCCCCO.NS(=O)(=O)c1ccccc1. The number of aliphatic hydroxyl groups excluding tert-OH is 1. The highest BCUT2D eigenvalue weighted by Gasteiger charge is 2.03. The van der Waals surface area contributed by atoms with Crippen molar-refractivity contribution in [3.63, 3.8) is 0 Å². The second-order valence-electron chi connectivity index (χ2n) is 3.08. The molecule has 5 N–H and O–H groups in total. The molecule has 0 aromatic heterocycles. The molecule has 0 aliphatic rings. The number of sulfonamides is 1. The van der Waals surface area contributed by atoms with Crippen LogP contribution in [-0.4, -0.2) is 26.7 Å². The first-order valence-corrected chi connectivity index (χ1v) is 6.45. The van der Waals surface area contributed by atoms with Crippen LogP contribution in [0.15, 0.2) is 35.2 Å². The van der Waals surface area contributed by atoms with Crippen LogP contribution < -0.4 is 10.9 Å². The van der Waals surface area contributed by atoms with Crippen molar-refractivity contribution in [3.05, 3.63) is 30.3 Å². The second-order valence-corrected chi connectivity index (χ2v) is 4.64. The van der Waals surface area contributed by atoms with Gasteiger partial charge in [0.2, 0.25) is 10.0 Å². The Kier molecular flexibility index (Phi) is 7.74. The summed E-state index contributed by atoms with van der Waals surface area (Å²) in [5.41, 5.74) is 5.10. The minimum atomic E-state index is -3.50. The number of unbranched alkanes of at least 4 members (excludes halogenated alkanes) is 1. The highest BCUT2D eigenvalue weighted by atomic mass is 32.2. The Balaban J connectivity index is 0.000000325. The van der Waals surface area contributed by atoms with Gasteiger partial charge in [0.1, 0.15) is 0 Å². The van der Waals surface area contributed by atoms with Gasteiger partial charge in [-0.25, -0.2) is 13.6 Å². The lowest BCUT2D eigenvalue weighted by Crippen LogP contribution is -2.11. The second kappa shape index (κ2) is 8.23. The molecule has 0 atom stereocenters. The van der Waals surface area contributed by atoms with Crippen LogP contribution >= 0.6 is 0 Å². The van der Waals surface area contributed by atoms with Crippen LogP contribution in [0.25, 0.3) is 0 Å². The molecule has 0 bridgehead atoms. The third-order valence-electron chi connectivity index (χ3n) is 1.68. The van der Waals surface area contributed by atoms with E-state index in [-0.39, 0.29) is 11.5 Å². The van der Waals surface area contributed by atoms with Gasteiger partial charge in [0, 0.05) is 6.61 Å². The number of primary sulfonamides is 1. The van der Waals surface area contributed by atoms with Crippen LogP contribution in [0.5, 0.6) is 0 Å². The molecule has 92 valence electrons. The van der Waals surface area contributed by atoms with E-state index in [0.717, 1.165) is 12.8 Å². The molecular weight excluding hydrogens is 228 g/mol. The van der Waals surface area contributed by atoms with Crippen molar-refractivity contribution in [1.29, 1.82) is 0 Å². The van der Waals surface area contributed by atoms with Crippen molar-refractivity contribution in [2.24, 2.45) is 10.9 Å². The van der Waals surface area contributed by atoms with Gasteiger partial charge in [-0.2, -0.15) is 0 Å². The number of benzene rings is 1. The fraction of sp³-hybridized carbons (Fsp3) is 0.400. The van der Waals surface area contributed by atoms with Crippen molar-refractivity contribution in [1.82, 2.24) is 0 Å². The molecule has 0 fully saturated rings. The third kappa shape index (κ3) is 7.36. The Labute approximate surface area is 96.1 Å². The summed E-state index contributed by atoms with van der Waals surface area (Å²) in [7, 11) is -3.50. The summed E-state index contributed by atoms with van der Waals surface area (Å²) < 4.78 is 21.2. The molecule has 16 heavy (non-hydrogen) atoms. The molecule has 0 saturated carbocycles. The van der Waals surface area contributed by atoms with Gasteiger partial charge in [-0.3, -0.25) is 0 Å². The lowest BCUT2D eigenvalue weighted by atomic mass is 10.3. The maximum atomic E-state index is 10.6. The number of hydrogen-bond donors (Lipinski definition) is 3. The van der Waals surface area contributed by atoms with Crippen LogP contribution in [0.2, 0.25) is 0 Å². The molecular formula is C10H18N2O3S. The van der Waals surface area contributed by atoms with Gasteiger partial charge in [0.05, 0.1) is 4.90 Å². The lowest BCUT2D eigenvalue weighted by molar-refractivity contribution is 0.285. The molecule has 0 unspecified atom stereocenters. The van der Waals surface area contributed by atoms with E-state index in [1.807, 2.05) is 0 Å². The summed E-state index contributed by atoms with van der Waals surface area (Å²) >= 11 is 0. The monoisotopic (exact) mass is 246 g/mol. The molecule has 0 aliphatic carbocycles. The van der Waals surface area contributed by atoms with Crippen LogP contribution in [0.4, 0.5) is 0 Å². The molecule has 0 amide bonds. The zero-order valence-electron chi connectivity index (χ0n) is 9.04. The van der Waals surface area contributed by atoms with Gasteiger partial charge in [0.15, 0.2) is 0 Å². The Bertz CT molecular complexity index is 361. The zero-order chi connectivity index (χ0) is 12.4. The molecule has 0 heterocycles. The molecule has 1 rings (SSSR count). The van der Waals surface area contributed by atoms with E-state index in [1.165, 1.54) is 12.1 Å². The molecule has 5 nitrogen and oxygen atoms in total. The van der Waals surface area contributed by atoms with Gasteiger partial charge in [-0.05, 0) is 31.5 Å². The predicted octanol–water partition coefficient (Wildman–Crippen LogP) is 0.0516. The molecule has 0 aliphatic heterocycles. The fourth-order valence-electron chi connectivity index (χ4n) is 0.866. The summed E-state index contributed by atoms with van der Waals surface area (Å²) in [5, 5.41) is 13.0. The average Bonchev–Trinajstić information content (AvgIpc) is 2.27. The fourth-order valence-corrected chi connectivity index (χ4v) is 1.40. The predicted molar refractivity (Wildman–Crippen MR) is 63.2 cm³/mol. The standard InChI is InChI=1S/C6H7NO2S.C4H11NO/c7-10(8,9)6-4-2-1-3-5-6;5-3-1-2-4-6/h1-5H,(H2,7,8,9);6H,1-5H2. The molecule has 1 aromatic rings. The van der Waals surface area contributed by atoms with Crippen molar-refractivity contribution >= 4 is 10.0 Å². The summed E-state index contributed by atoms with van der Waals surface area (Å²) in [6.45, 7) is 0.970. The van der Waals surface area contributed by atoms with Crippen molar-refractivity contribution < 1.29 is 13.5 Å². The summed E-state index contributed by atoms with van der Waals surface area (Å²) in [6.07, 6.45) is 1.78. The first-order chi connectivity index (χ1) is 7.52. The Morgan fingerprint density at radius 3 is 1.94 bits per heavy atom. The number of rotatable bonds is 4. The van der Waals surface area contributed by atoms with Crippen molar-refractivity contribution in [3.8, 4) is 0 Å². The summed E-state index contributed by atoms with van der Waals surface area (Å²) in [5.74, 6) is 0. The Morgan fingerprint density at radius 1 is 1.12 bits per heavy atom. The first kappa shape index (κ1) is 15.0. The van der Waals surface area contributed by atoms with Gasteiger partial charge in [-0.15, -0.1) is 0 Å². The first-order valence-electron chi connectivity index (χ1n) is 4.91. The molecule has 0 spiro atoms. The van der Waals surface area contributed by atoms with Gasteiger partial charge < -0.3 is 10.8 Å². The minimum Gasteiger partial charge on any atom is -0.396 e. The van der Waals surface area contributed by atoms with Gasteiger partial charge in [0.25, 0.3) is 0 Å². The molecule has 1 aromatic carbocycles. The Morgan fingerprint density at radius 2 is 1.69 bits per heavy atom. The van der Waals surface area contributed by atoms with Crippen LogP contribution in [0.3, 0.4) is 0 Å². The van der Waals surface area contributed by atoms with E-state index in [0.29, 0.717) is 6.54 Å². The number of nitrogens with two attached hydrogens (primary N) is 2. The van der Waals surface area contributed by atoms with Crippen molar-refractivity contribution in [2.45, 2.75) is 17.7 Å². The van der Waals surface area contributed by atoms with Crippen LogP contribution in [-0.2, 0) is 10.0 Å². The van der Waals surface area contributed by atoms with Gasteiger partial charge in [-0.1, -0.05) is 18.2 Å². The van der Waals surface area contributed by atoms with Gasteiger partial charge >= 0.3 is 0 Å². The zero-order valence-corrected chi connectivity index (χ0v) is 9.86. The highest BCUT2D eigenvalue weighted by Crippen LogP contribution is 2.02. The molecule has 0 saturated heterocycles. The summed E-state index contributed by atoms with van der Waals surface area (Å²) in [4.78, 5) is 0.148. The summed E-state index contributed by atoms with van der Waals surface area (Å²) in [6, 6.07) is 7.89. The Hall–Kier alpha value is -0.950. The molecule has 0 radical (unpaired) electrons. The normalized spacial score (nSPS) is 10.4. The quantitative estimate of drug-likeness (QED) is 0.652. The highest BCUT2D eigenvalue weighted by molar-refractivity contribution is 7.89. The number of hydrogen-bond acceptors (Lipinski definition) is 4. The van der Waals surface area contributed by atoms with E-state index in [9.17, 15) is 8.42 Å². The van der Waals surface area contributed by atoms with Crippen LogP contribution in [0.1, 0.15) is 12.8 Å². The smallest absolute Gasteiger partial charge is 0.238 e. The molecule has 6 heteroatoms. The van der Waals surface area contributed by atoms with E-state index < -0.39 is 10.0 Å². The average molecular weight is 246 g/mol. The topological polar surface area (TPSA) is 106 Å². The van der Waals surface area contributed by atoms with E-state index in [2.05, 4.69) is 0 Å². The largest absolute Gasteiger partial charge is 0.396 e. The van der Waals surface area contributed by atoms with E-state index >= 15 is 0 Å².